The Balaban J connectivity index is 0.000000360. The van der Waals surface area contributed by atoms with E-state index in [-0.39, 0.29) is 6.42 Å². The summed E-state index contributed by atoms with van der Waals surface area (Å²) in [4.78, 5) is 9.91. The molecule has 1 atom stereocenters. The van der Waals surface area contributed by atoms with E-state index in [1.165, 1.54) is 39.5 Å². The highest BCUT2D eigenvalue weighted by Crippen LogP contribution is 2.61. The molecule has 3 aromatic carbocycles. The third-order valence-corrected chi connectivity index (χ3v) is 10.7. The Morgan fingerprint density at radius 3 is 1.13 bits per heavy atom. The Bertz CT molecular complexity index is 1460. The van der Waals surface area contributed by atoms with Crippen LogP contribution in [0.5, 0.6) is 0 Å². The summed E-state index contributed by atoms with van der Waals surface area (Å²) in [6, 6.07) is 27.7. The van der Waals surface area contributed by atoms with Crippen molar-refractivity contribution in [3.8, 4) is 0 Å². The van der Waals surface area contributed by atoms with Gasteiger partial charge in [-0.05, 0) is 66.2 Å². The quantitative estimate of drug-likeness (QED) is 0.116. The van der Waals surface area contributed by atoms with Crippen LogP contribution in [0.25, 0.3) is 0 Å². The molecule has 2 nitrogen and oxygen atoms in total. The van der Waals surface area contributed by atoms with Crippen LogP contribution in [0.2, 0.25) is 0 Å². The molecule has 52 heavy (non-hydrogen) atoms. The predicted octanol–water partition coefficient (Wildman–Crippen LogP) is 10.5. The van der Waals surface area contributed by atoms with Gasteiger partial charge in [0.1, 0.15) is 0 Å². The van der Waals surface area contributed by atoms with Gasteiger partial charge in [0.2, 0.25) is 0 Å². The molecule has 290 valence electrons. The van der Waals surface area contributed by atoms with Crippen LogP contribution in [0.3, 0.4) is 0 Å². The summed E-state index contributed by atoms with van der Waals surface area (Å²) in [5.74, 6) is -49.2. The van der Waals surface area contributed by atoms with Gasteiger partial charge >= 0.3 is 41.5 Å². The normalized spacial score (nSPS) is 13.8. The first kappa shape index (κ1) is 44.8. The first-order chi connectivity index (χ1) is 23.9. The third kappa shape index (κ3) is 8.71. The number of halogens is 13. The van der Waals surface area contributed by atoms with Crippen LogP contribution < -0.4 is 15.9 Å². The van der Waals surface area contributed by atoms with Gasteiger partial charge < -0.3 is 5.11 Å². The highest BCUT2D eigenvalue weighted by Gasteiger charge is 2.91. The second kappa shape index (κ2) is 17.2. The zero-order valence-corrected chi connectivity index (χ0v) is 29.4. The number of rotatable bonds is 16. The monoisotopic (exact) mass is 780 g/mol. The van der Waals surface area contributed by atoms with E-state index in [0.29, 0.717) is 0 Å². The van der Waals surface area contributed by atoms with E-state index in [2.05, 4.69) is 93.6 Å². The summed E-state index contributed by atoms with van der Waals surface area (Å²) < 4.78 is 171. The van der Waals surface area contributed by atoms with Gasteiger partial charge in [-0.25, -0.2) is 9.18 Å². The highest BCUT2D eigenvalue weighted by atomic mass is 31.1. The molecule has 0 amide bonds. The second-order valence-electron chi connectivity index (χ2n) is 11.8. The molecule has 0 radical (unpaired) electrons. The van der Waals surface area contributed by atoms with E-state index < -0.39 is 68.4 Å². The molecule has 0 aliphatic heterocycles. The molecule has 0 spiro atoms. The minimum Gasteiger partial charge on any atom is -0.477 e. The van der Waals surface area contributed by atoms with Gasteiger partial charge in [0.25, 0.3) is 0 Å². The lowest BCUT2D eigenvalue weighted by Gasteiger charge is -2.41. The van der Waals surface area contributed by atoms with Gasteiger partial charge in [-0.1, -0.05) is 113 Å². The van der Waals surface area contributed by atoms with Crippen LogP contribution in [0.15, 0.2) is 72.8 Å². The Morgan fingerprint density at radius 2 is 0.865 bits per heavy atom. The van der Waals surface area contributed by atoms with Gasteiger partial charge in [-0.2, -0.15) is 52.7 Å². The van der Waals surface area contributed by atoms with Gasteiger partial charge in [0.15, 0.2) is 6.17 Å². The Kier molecular flexibility index (Phi) is 14.8. The van der Waals surface area contributed by atoms with Crippen molar-refractivity contribution in [1.82, 2.24) is 0 Å². The van der Waals surface area contributed by atoms with Crippen molar-refractivity contribution in [2.24, 2.45) is 0 Å². The first-order valence-electron chi connectivity index (χ1n) is 16.1. The number of hydrogen-bond acceptors (Lipinski definition) is 1. The van der Waals surface area contributed by atoms with Crippen molar-refractivity contribution in [3.05, 3.63) is 89.5 Å². The second-order valence-corrected chi connectivity index (χ2v) is 14.0. The number of unbranched alkanes of at least 4 members (excludes halogenated alkanes) is 1. The largest absolute Gasteiger partial charge is 0.477 e. The molecule has 0 bridgehead atoms. The molecule has 0 aliphatic carbocycles. The summed E-state index contributed by atoms with van der Waals surface area (Å²) in [6.07, 6.45) is -3.28. The van der Waals surface area contributed by atoms with Gasteiger partial charge in [-0.15, -0.1) is 0 Å². The maximum atomic E-state index is 13.3. The topological polar surface area (TPSA) is 37.3 Å². The molecule has 0 fully saturated rings. The van der Waals surface area contributed by atoms with E-state index >= 15 is 0 Å². The van der Waals surface area contributed by atoms with Crippen molar-refractivity contribution in [2.75, 3.05) is 0 Å². The first-order valence-corrected chi connectivity index (χ1v) is 17.5. The summed E-state index contributed by atoms with van der Waals surface area (Å²) >= 11 is 0. The lowest BCUT2D eigenvalue weighted by Crippen LogP contribution is -2.72. The zero-order chi connectivity index (χ0) is 39.9. The van der Waals surface area contributed by atoms with Crippen molar-refractivity contribution >= 4 is 29.8 Å². The van der Waals surface area contributed by atoms with Crippen molar-refractivity contribution < 1.29 is 67.0 Å². The van der Waals surface area contributed by atoms with Crippen molar-refractivity contribution in [1.29, 1.82) is 0 Å². The number of carboxylic acids is 1. The van der Waals surface area contributed by atoms with E-state index in [1.807, 2.05) is 0 Å². The van der Waals surface area contributed by atoms with Crippen molar-refractivity contribution in [3.63, 3.8) is 0 Å². The number of aliphatic carboxylic acids is 1. The van der Waals surface area contributed by atoms with E-state index in [1.54, 1.807) is 0 Å². The lowest BCUT2D eigenvalue weighted by molar-refractivity contribution is -0.425. The fourth-order valence-corrected chi connectivity index (χ4v) is 7.02. The number of hydrogen-bond donors (Lipinski definition) is 1. The maximum Gasteiger partial charge on any atom is 0.410 e. The Morgan fingerprint density at radius 1 is 0.558 bits per heavy atom. The molecule has 3 rings (SSSR count). The number of benzene rings is 3. The zero-order valence-electron chi connectivity index (χ0n) is 28.5. The number of carbonyl (C=O) groups is 1. The van der Waals surface area contributed by atoms with Crippen LogP contribution in [0.4, 0.5) is 57.1 Å². The molecule has 0 aromatic heterocycles. The SMILES string of the molecule is CCCCC(F)C(F)(F)C(F)(F)C(F)(F)C(F)(F)C(F)(F)C(F)(F)C(=O)O.CCc1ccc(P(c2ccc(CC)cc2)c2ccc(CC)cc2)cc1. The predicted molar refractivity (Wildman–Crippen MR) is 175 cm³/mol. The molecule has 0 saturated carbocycles. The summed E-state index contributed by atoms with van der Waals surface area (Å²) in [7, 11) is -0.498. The average molecular weight is 781 g/mol. The number of aryl methyl sites for hydroxylation is 3. The highest BCUT2D eigenvalue weighted by molar-refractivity contribution is 7.79. The molecule has 0 aliphatic rings. The minimum atomic E-state index is -8.01. The third-order valence-electron chi connectivity index (χ3n) is 8.28. The fraction of sp³-hybridized carbons (Fsp3) is 0.472. The summed E-state index contributed by atoms with van der Waals surface area (Å²) in [5.41, 5.74) is 4.21. The summed E-state index contributed by atoms with van der Waals surface area (Å²) in [6.45, 7) is 7.85. The molecule has 1 unspecified atom stereocenters. The number of alkyl halides is 13. The maximum absolute atomic E-state index is 13.3. The van der Waals surface area contributed by atoms with Gasteiger partial charge in [-0.3, -0.25) is 0 Å². The van der Waals surface area contributed by atoms with Crippen molar-refractivity contribution in [2.45, 2.75) is 108 Å². The molecular weight excluding hydrogens is 742 g/mol. The number of carboxylic acid groups (broad SMARTS) is 1. The Hall–Kier alpha value is -3.35. The van der Waals surface area contributed by atoms with Gasteiger partial charge in [0, 0.05) is 0 Å². The fourth-order valence-electron chi connectivity index (χ4n) is 4.79. The molecule has 3 aromatic rings. The smallest absolute Gasteiger partial charge is 0.410 e. The van der Waals surface area contributed by atoms with Crippen LogP contribution >= 0.6 is 7.92 Å². The summed E-state index contributed by atoms with van der Waals surface area (Å²) in [5, 5.41) is 12.0. The minimum absolute atomic E-state index is 0.141. The van der Waals surface area contributed by atoms with Crippen LogP contribution in [0, 0.1) is 0 Å². The van der Waals surface area contributed by atoms with Crippen LogP contribution in [-0.2, 0) is 24.1 Å². The molecule has 0 heterocycles. The molecular formula is C36H38F13O2P. The molecule has 1 N–H and O–H groups in total. The molecule has 16 heteroatoms. The lowest BCUT2D eigenvalue weighted by atomic mass is 9.89. The van der Waals surface area contributed by atoms with Gasteiger partial charge in [0.05, 0.1) is 0 Å². The average Bonchev–Trinajstić information content (AvgIpc) is 3.11. The van der Waals surface area contributed by atoms with E-state index in [4.69, 9.17) is 5.11 Å². The molecule has 0 saturated heterocycles. The van der Waals surface area contributed by atoms with E-state index in [0.717, 1.165) is 19.3 Å². The van der Waals surface area contributed by atoms with E-state index in [9.17, 15) is 61.9 Å². The van der Waals surface area contributed by atoms with Crippen LogP contribution in [0.1, 0.15) is 63.6 Å². The van der Waals surface area contributed by atoms with Crippen LogP contribution in [-0.4, -0.2) is 52.8 Å². The Labute approximate surface area is 294 Å². The standard InChI is InChI=1S/C24H27P.C12H11F13O2/c1-4-19-7-13-22(14-8-19)25(23-15-9-20(5-2)10-16-23)24-17-11-21(6-3)12-18-24;1-2-3-4-5(13)7(14,15)9(18,19)11(22,23)12(24,25)10(20,21)8(16,17)6(26)27/h7-18H,4-6H2,1-3H3;5H,2-4H2,1H3,(H,26,27).